The Bertz CT molecular complexity index is 463. The fraction of sp³-hybridized carbons (Fsp3) is 0.500. The van der Waals surface area contributed by atoms with Crippen LogP contribution in [0.3, 0.4) is 0 Å². The molecule has 0 bridgehead atoms. The Labute approximate surface area is 93.1 Å². The molecule has 0 aromatic carbocycles. The summed E-state index contributed by atoms with van der Waals surface area (Å²) < 4.78 is 34.8. The lowest BCUT2D eigenvalue weighted by molar-refractivity contribution is 0.593. The molecule has 0 radical (unpaired) electrons. The summed E-state index contributed by atoms with van der Waals surface area (Å²) in [6.07, 6.45) is 1.67. The minimum absolute atomic E-state index is 0.00417. The average molecular weight is 248 g/mol. The summed E-state index contributed by atoms with van der Waals surface area (Å²) in [7, 11) is -3.55. The van der Waals surface area contributed by atoms with Gasteiger partial charge in [0.05, 0.1) is 11.4 Å². The lowest BCUT2D eigenvalue weighted by Gasteiger charge is -2.07. The molecule has 1 aromatic heterocycles. The Kier molecular flexibility index (Phi) is 4.13. The van der Waals surface area contributed by atoms with Gasteiger partial charge in [-0.25, -0.2) is 27.9 Å². The molecule has 0 aliphatic carbocycles. The van der Waals surface area contributed by atoms with E-state index in [0.717, 1.165) is 0 Å². The summed E-state index contributed by atoms with van der Waals surface area (Å²) in [6.45, 7) is 1.77. The maximum absolute atomic E-state index is 13.5. The molecular formula is C8H13FN4O2S. The van der Waals surface area contributed by atoms with Crippen LogP contribution in [0.15, 0.2) is 6.33 Å². The lowest BCUT2D eigenvalue weighted by atomic mass is 10.3. The molecule has 0 aliphatic rings. The van der Waals surface area contributed by atoms with E-state index in [4.69, 9.17) is 5.14 Å². The Morgan fingerprint density at radius 2 is 2.19 bits per heavy atom. The molecule has 0 unspecified atom stereocenters. The first-order valence-electron chi connectivity index (χ1n) is 4.67. The number of rotatable bonds is 5. The van der Waals surface area contributed by atoms with Crippen LogP contribution in [0.2, 0.25) is 0 Å². The summed E-state index contributed by atoms with van der Waals surface area (Å²) in [5, 5.41) is 7.36. The molecule has 6 nitrogen and oxygen atoms in total. The van der Waals surface area contributed by atoms with Crippen molar-refractivity contribution < 1.29 is 12.8 Å². The molecule has 8 heteroatoms. The van der Waals surface area contributed by atoms with Crippen LogP contribution < -0.4 is 10.5 Å². The van der Waals surface area contributed by atoms with Crippen LogP contribution in [0.25, 0.3) is 0 Å². The van der Waals surface area contributed by atoms with Crippen LogP contribution in [-0.2, 0) is 16.4 Å². The molecular weight excluding hydrogens is 235 g/mol. The van der Waals surface area contributed by atoms with Crippen LogP contribution in [0.4, 0.5) is 10.2 Å². The van der Waals surface area contributed by atoms with E-state index < -0.39 is 15.8 Å². The van der Waals surface area contributed by atoms with Crippen molar-refractivity contribution in [1.82, 2.24) is 9.97 Å². The Balaban J connectivity index is 2.68. The number of aryl methyl sites for hydroxylation is 1. The van der Waals surface area contributed by atoms with Crippen molar-refractivity contribution in [2.24, 2.45) is 5.14 Å². The highest BCUT2D eigenvalue weighted by molar-refractivity contribution is 7.89. The zero-order chi connectivity index (χ0) is 12.2. The third-order valence-electron chi connectivity index (χ3n) is 1.88. The van der Waals surface area contributed by atoms with Gasteiger partial charge in [0.25, 0.3) is 0 Å². The van der Waals surface area contributed by atoms with E-state index in [0.29, 0.717) is 6.42 Å². The summed E-state index contributed by atoms with van der Waals surface area (Å²) in [4.78, 5) is 7.42. The van der Waals surface area contributed by atoms with Gasteiger partial charge >= 0.3 is 0 Å². The minimum atomic E-state index is -3.55. The van der Waals surface area contributed by atoms with Gasteiger partial charge in [-0.1, -0.05) is 6.92 Å². The van der Waals surface area contributed by atoms with Crippen molar-refractivity contribution in [3.63, 3.8) is 0 Å². The lowest BCUT2D eigenvalue weighted by Crippen LogP contribution is -2.23. The van der Waals surface area contributed by atoms with Gasteiger partial charge in [0.15, 0.2) is 11.6 Å². The first-order valence-corrected chi connectivity index (χ1v) is 6.39. The molecule has 0 saturated heterocycles. The quantitative estimate of drug-likeness (QED) is 0.757. The maximum Gasteiger partial charge on any atom is 0.210 e. The van der Waals surface area contributed by atoms with E-state index in [1.807, 2.05) is 0 Å². The van der Waals surface area contributed by atoms with E-state index in [-0.39, 0.29) is 23.8 Å². The van der Waals surface area contributed by atoms with E-state index in [9.17, 15) is 12.8 Å². The van der Waals surface area contributed by atoms with Gasteiger partial charge in [-0.05, 0) is 6.42 Å². The number of primary sulfonamides is 1. The van der Waals surface area contributed by atoms with Crippen LogP contribution in [0.1, 0.15) is 12.6 Å². The highest BCUT2D eigenvalue weighted by Crippen LogP contribution is 2.12. The number of hydrogen-bond acceptors (Lipinski definition) is 5. The molecule has 3 N–H and O–H groups in total. The fourth-order valence-corrected chi connectivity index (χ4v) is 1.47. The van der Waals surface area contributed by atoms with E-state index in [1.165, 1.54) is 6.33 Å². The number of sulfonamides is 1. The van der Waals surface area contributed by atoms with Crippen molar-refractivity contribution in [1.29, 1.82) is 0 Å². The first kappa shape index (κ1) is 12.8. The zero-order valence-electron chi connectivity index (χ0n) is 8.77. The minimum Gasteiger partial charge on any atom is -0.366 e. The number of nitrogens with two attached hydrogens (primary N) is 1. The van der Waals surface area contributed by atoms with Gasteiger partial charge in [0, 0.05) is 6.54 Å². The summed E-state index contributed by atoms with van der Waals surface area (Å²) in [6, 6.07) is 0. The van der Waals surface area contributed by atoms with Gasteiger partial charge in [0.2, 0.25) is 10.0 Å². The fourth-order valence-electron chi connectivity index (χ4n) is 1.09. The maximum atomic E-state index is 13.5. The van der Waals surface area contributed by atoms with Crippen LogP contribution >= 0.6 is 0 Å². The molecule has 0 fully saturated rings. The molecule has 0 spiro atoms. The number of hydrogen-bond donors (Lipinski definition) is 2. The van der Waals surface area contributed by atoms with Gasteiger partial charge in [-0.3, -0.25) is 0 Å². The molecule has 1 rings (SSSR count). The standard InChI is InChI=1S/C8H13FN4O2S/c1-2-6-7(9)8(13-5-12-6)11-3-4-16(10,14)15/h5H,2-4H2,1H3,(H2,10,14,15)(H,11,12,13). The molecule has 90 valence electrons. The largest absolute Gasteiger partial charge is 0.366 e. The van der Waals surface area contributed by atoms with Crippen LogP contribution in [0, 0.1) is 5.82 Å². The van der Waals surface area contributed by atoms with Gasteiger partial charge in [-0.15, -0.1) is 0 Å². The predicted molar refractivity (Wildman–Crippen MR) is 57.8 cm³/mol. The zero-order valence-corrected chi connectivity index (χ0v) is 9.59. The van der Waals surface area contributed by atoms with Crippen molar-refractivity contribution in [3.8, 4) is 0 Å². The Morgan fingerprint density at radius 3 is 2.75 bits per heavy atom. The summed E-state index contributed by atoms with van der Waals surface area (Å²) >= 11 is 0. The number of nitrogens with zero attached hydrogens (tertiary/aromatic N) is 2. The van der Waals surface area contributed by atoms with Crippen LogP contribution in [0.5, 0.6) is 0 Å². The molecule has 1 heterocycles. The van der Waals surface area contributed by atoms with E-state index in [1.54, 1.807) is 6.92 Å². The normalized spacial score (nSPS) is 11.4. The van der Waals surface area contributed by atoms with E-state index in [2.05, 4.69) is 15.3 Å². The number of aromatic nitrogens is 2. The van der Waals surface area contributed by atoms with Gasteiger partial charge in [-0.2, -0.15) is 0 Å². The highest BCUT2D eigenvalue weighted by Gasteiger charge is 2.10. The molecule has 0 saturated carbocycles. The van der Waals surface area contributed by atoms with Gasteiger partial charge in [0.1, 0.15) is 6.33 Å². The van der Waals surface area contributed by atoms with Gasteiger partial charge < -0.3 is 5.32 Å². The number of anilines is 1. The highest BCUT2D eigenvalue weighted by atomic mass is 32.2. The summed E-state index contributed by atoms with van der Waals surface area (Å²) in [5.41, 5.74) is 0.285. The van der Waals surface area contributed by atoms with Crippen molar-refractivity contribution in [2.75, 3.05) is 17.6 Å². The molecule has 1 aromatic rings. The average Bonchev–Trinajstić information content (AvgIpc) is 2.19. The topological polar surface area (TPSA) is 98.0 Å². The summed E-state index contributed by atoms with van der Waals surface area (Å²) in [5.74, 6) is -0.840. The molecule has 0 amide bonds. The van der Waals surface area contributed by atoms with Crippen molar-refractivity contribution in [2.45, 2.75) is 13.3 Å². The van der Waals surface area contributed by atoms with Crippen LogP contribution in [-0.4, -0.2) is 30.7 Å². The number of nitrogens with one attached hydrogen (secondary N) is 1. The van der Waals surface area contributed by atoms with E-state index >= 15 is 0 Å². The SMILES string of the molecule is CCc1ncnc(NCCS(N)(=O)=O)c1F. The molecule has 0 aliphatic heterocycles. The predicted octanol–water partition coefficient (Wildman–Crippen LogP) is -0.122. The smallest absolute Gasteiger partial charge is 0.210 e. The van der Waals surface area contributed by atoms with Crippen molar-refractivity contribution in [3.05, 3.63) is 17.8 Å². The van der Waals surface area contributed by atoms with Crippen molar-refractivity contribution >= 4 is 15.8 Å². The second-order valence-corrected chi connectivity index (χ2v) is 4.86. The Hall–Kier alpha value is -1.28. The second-order valence-electron chi connectivity index (χ2n) is 3.13. The molecule has 16 heavy (non-hydrogen) atoms. The molecule has 0 atom stereocenters. The Morgan fingerprint density at radius 1 is 1.50 bits per heavy atom. The number of halogens is 1. The first-order chi connectivity index (χ1) is 7.44. The third kappa shape index (κ3) is 3.70. The second kappa shape index (κ2) is 5.17. The third-order valence-corrected chi connectivity index (χ3v) is 2.65. The monoisotopic (exact) mass is 248 g/mol.